The highest BCUT2D eigenvalue weighted by Gasteiger charge is 2.17. The van der Waals surface area contributed by atoms with Crippen molar-refractivity contribution in [1.82, 2.24) is 0 Å². The summed E-state index contributed by atoms with van der Waals surface area (Å²) in [5.74, 6) is -0.897. The van der Waals surface area contributed by atoms with Gasteiger partial charge in [0.15, 0.2) is 0 Å². The number of rotatable bonds is 5. The summed E-state index contributed by atoms with van der Waals surface area (Å²) >= 11 is 6.72. The first-order valence-corrected chi connectivity index (χ1v) is 6.83. The van der Waals surface area contributed by atoms with Crippen molar-refractivity contribution in [2.45, 2.75) is 25.9 Å². The molecule has 1 rings (SSSR count). The van der Waals surface area contributed by atoms with Gasteiger partial charge in [0.05, 0.1) is 6.10 Å². The topological polar surface area (TPSA) is 57.5 Å². The molecule has 1 aromatic carbocycles. The van der Waals surface area contributed by atoms with E-state index < -0.39 is 12.1 Å². The third-order valence-corrected chi connectivity index (χ3v) is 3.68. The predicted octanol–water partition coefficient (Wildman–Crippen LogP) is 3.75. The maximum atomic E-state index is 10.6. The molecule has 1 aromatic rings. The largest absolute Gasteiger partial charge is 0.481 e. The lowest BCUT2D eigenvalue weighted by molar-refractivity contribution is -0.138. The number of carbonyl (C=O) groups is 1. The second-order valence-corrected chi connectivity index (χ2v) is 5.89. The van der Waals surface area contributed by atoms with E-state index >= 15 is 0 Å². The first kappa shape index (κ1) is 14.7. The number of halogens is 2. The summed E-state index contributed by atoms with van der Waals surface area (Å²) in [5, 5.41) is 18.7. The van der Waals surface area contributed by atoms with Crippen LogP contribution in [0.2, 0.25) is 0 Å². The van der Waals surface area contributed by atoms with Gasteiger partial charge in [-0.05, 0) is 36.1 Å². The van der Waals surface area contributed by atoms with Crippen LogP contribution in [0.3, 0.4) is 0 Å². The number of aliphatic hydroxyl groups excluding tert-OH is 1. The van der Waals surface area contributed by atoms with Crippen molar-refractivity contribution < 1.29 is 15.0 Å². The van der Waals surface area contributed by atoms with Gasteiger partial charge in [0.1, 0.15) is 0 Å². The third-order valence-electron chi connectivity index (χ3n) is 2.47. The van der Waals surface area contributed by atoms with Crippen LogP contribution in [0.4, 0.5) is 0 Å². The van der Waals surface area contributed by atoms with Crippen LogP contribution < -0.4 is 0 Å². The molecule has 3 nitrogen and oxygen atoms in total. The van der Waals surface area contributed by atoms with E-state index in [0.717, 1.165) is 14.5 Å². The average molecular weight is 366 g/mol. The second-order valence-electron chi connectivity index (χ2n) is 4.12. The maximum Gasteiger partial charge on any atom is 0.303 e. The van der Waals surface area contributed by atoms with Crippen LogP contribution in [0.1, 0.15) is 31.4 Å². The van der Waals surface area contributed by atoms with Gasteiger partial charge in [-0.25, -0.2) is 0 Å². The van der Waals surface area contributed by atoms with Crippen LogP contribution in [0.25, 0.3) is 0 Å². The summed E-state index contributed by atoms with van der Waals surface area (Å²) in [4.78, 5) is 10.6. The van der Waals surface area contributed by atoms with Crippen molar-refractivity contribution in [3.05, 3.63) is 32.7 Å². The molecule has 0 radical (unpaired) electrons. The van der Waals surface area contributed by atoms with E-state index in [4.69, 9.17) is 5.11 Å². The fourth-order valence-electron chi connectivity index (χ4n) is 1.66. The van der Waals surface area contributed by atoms with Crippen molar-refractivity contribution in [1.29, 1.82) is 0 Å². The molecule has 0 spiro atoms. The first-order chi connectivity index (χ1) is 7.90. The number of aliphatic hydroxyl groups is 1. The molecule has 5 heteroatoms. The van der Waals surface area contributed by atoms with Crippen LogP contribution in [0, 0.1) is 5.92 Å². The summed E-state index contributed by atoms with van der Waals surface area (Å²) in [5.41, 5.74) is 0.775. The lowest BCUT2D eigenvalue weighted by Crippen LogP contribution is -2.09. The van der Waals surface area contributed by atoms with Crippen molar-refractivity contribution in [3.8, 4) is 0 Å². The van der Waals surface area contributed by atoms with Gasteiger partial charge in [-0.1, -0.05) is 38.8 Å². The molecule has 17 heavy (non-hydrogen) atoms. The Morgan fingerprint density at radius 3 is 2.65 bits per heavy atom. The molecule has 2 N–H and O–H groups in total. The summed E-state index contributed by atoms with van der Waals surface area (Å²) in [6.07, 6.45) is -0.152. The summed E-state index contributed by atoms with van der Waals surface area (Å²) in [7, 11) is 0. The van der Waals surface area contributed by atoms with Crippen molar-refractivity contribution in [3.63, 3.8) is 0 Å². The van der Waals surface area contributed by atoms with Gasteiger partial charge in [-0.15, -0.1) is 0 Å². The molecule has 0 aromatic heterocycles. The van der Waals surface area contributed by atoms with E-state index in [2.05, 4.69) is 31.9 Å². The summed E-state index contributed by atoms with van der Waals surface area (Å²) < 4.78 is 1.72. The Balaban J connectivity index is 2.72. The number of carboxylic acid groups (broad SMARTS) is 1. The highest BCUT2D eigenvalue weighted by Crippen LogP contribution is 2.31. The van der Waals surface area contributed by atoms with Gasteiger partial charge in [-0.3, -0.25) is 4.79 Å². The number of hydrogen-bond acceptors (Lipinski definition) is 2. The standard InChI is InChI=1S/C12H14Br2O3/c1-7(5-12(16)17)4-11(15)9-6-8(13)2-3-10(9)14/h2-3,6-7,11,15H,4-5H2,1H3,(H,16,17). The highest BCUT2D eigenvalue weighted by atomic mass is 79.9. The minimum absolute atomic E-state index is 0.0617. The molecule has 0 aliphatic heterocycles. The lowest BCUT2D eigenvalue weighted by Gasteiger charge is -2.16. The molecule has 2 atom stereocenters. The van der Waals surface area contributed by atoms with Gasteiger partial charge >= 0.3 is 5.97 Å². The molecular formula is C12H14Br2O3. The molecule has 0 saturated heterocycles. The van der Waals surface area contributed by atoms with E-state index in [0.29, 0.717) is 6.42 Å². The second kappa shape index (κ2) is 6.52. The number of aliphatic carboxylic acids is 1. The van der Waals surface area contributed by atoms with Crippen molar-refractivity contribution in [2.24, 2.45) is 5.92 Å². The maximum absolute atomic E-state index is 10.6. The molecule has 0 amide bonds. The zero-order chi connectivity index (χ0) is 13.0. The van der Waals surface area contributed by atoms with Crippen LogP contribution in [-0.4, -0.2) is 16.2 Å². The SMILES string of the molecule is CC(CC(=O)O)CC(O)c1cc(Br)ccc1Br. The minimum Gasteiger partial charge on any atom is -0.481 e. The van der Waals surface area contributed by atoms with Crippen LogP contribution in [0.15, 0.2) is 27.1 Å². The molecular weight excluding hydrogens is 352 g/mol. The molecule has 2 unspecified atom stereocenters. The Bertz CT molecular complexity index is 407. The normalized spacial score (nSPS) is 14.4. The van der Waals surface area contributed by atoms with Crippen LogP contribution in [-0.2, 0) is 4.79 Å². The van der Waals surface area contributed by atoms with Crippen LogP contribution in [0.5, 0.6) is 0 Å². The Morgan fingerprint density at radius 1 is 1.41 bits per heavy atom. The predicted molar refractivity (Wildman–Crippen MR) is 72.8 cm³/mol. The van der Waals surface area contributed by atoms with Crippen molar-refractivity contribution in [2.75, 3.05) is 0 Å². The zero-order valence-electron chi connectivity index (χ0n) is 9.36. The van der Waals surface area contributed by atoms with Crippen LogP contribution >= 0.6 is 31.9 Å². The van der Waals surface area contributed by atoms with E-state index in [1.165, 1.54) is 0 Å². The Hall–Kier alpha value is -0.390. The fourth-order valence-corrected chi connectivity index (χ4v) is 2.55. The van der Waals surface area contributed by atoms with Gasteiger partial charge in [-0.2, -0.15) is 0 Å². The molecule has 0 heterocycles. The Kier molecular flexibility index (Phi) is 5.62. The molecule has 0 saturated carbocycles. The molecule has 0 aliphatic carbocycles. The van der Waals surface area contributed by atoms with E-state index in [9.17, 15) is 9.90 Å². The lowest BCUT2D eigenvalue weighted by atomic mass is 9.96. The number of carboxylic acids is 1. The van der Waals surface area contributed by atoms with E-state index in [1.807, 2.05) is 25.1 Å². The third kappa shape index (κ3) is 4.77. The number of benzene rings is 1. The zero-order valence-corrected chi connectivity index (χ0v) is 12.5. The quantitative estimate of drug-likeness (QED) is 0.835. The van der Waals surface area contributed by atoms with Crippen molar-refractivity contribution >= 4 is 37.8 Å². The summed E-state index contributed by atoms with van der Waals surface area (Å²) in [6, 6.07) is 5.56. The first-order valence-electron chi connectivity index (χ1n) is 5.25. The smallest absolute Gasteiger partial charge is 0.303 e. The minimum atomic E-state index is -0.835. The average Bonchev–Trinajstić information content (AvgIpc) is 2.20. The molecule has 0 fully saturated rings. The fraction of sp³-hybridized carbons (Fsp3) is 0.417. The molecule has 0 aliphatic rings. The Labute approximate surface area is 117 Å². The van der Waals surface area contributed by atoms with Gasteiger partial charge in [0.25, 0.3) is 0 Å². The highest BCUT2D eigenvalue weighted by molar-refractivity contribution is 9.11. The van der Waals surface area contributed by atoms with E-state index in [1.54, 1.807) is 0 Å². The molecule has 94 valence electrons. The number of hydrogen-bond donors (Lipinski definition) is 2. The van der Waals surface area contributed by atoms with Gasteiger partial charge in [0, 0.05) is 15.4 Å². The van der Waals surface area contributed by atoms with Gasteiger partial charge in [0.2, 0.25) is 0 Å². The monoisotopic (exact) mass is 364 g/mol. The molecule has 0 bridgehead atoms. The summed E-state index contributed by atoms with van der Waals surface area (Å²) in [6.45, 7) is 1.82. The van der Waals surface area contributed by atoms with E-state index in [-0.39, 0.29) is 12.3 Å². The van der Waals surface area contributed by atoms with Gasteiger partial charge < -0.3 is 10.2 Å². The Morgan fingerprint density at radius 2 is 2.06 bits per heavy atom.